The summed E-state index contributed by atoms with van der Waals surface area (Å²) < 4.78 is 18.7. The third-order valence-electron chi connectivity index (χ3n) is 2.74. The zero-order valence-electron chi connectivity index (χ0n) is 10.3. The van der Waals surface area contributed by atoms with Crippen molar-refractivity contribution in [2.24, 2.45) is 0 Å². The second-order valence-electron chi connectivity index (χ2n) is 4.76. The molecule has 17 heavy (non-hydrogen) atoms. The molecule has 2 nitrogen and oxygen atoms in total. The molecule has 0 aliphatic heterocycles. The smallest absolute Gasteiger partial charge is 0.126 e. The van der Waals surface area contributed by atoms with Crippen molar-refractivity contribution >= 4 is 11.6 Å². The molecule has 0 spiro atoms. The van der Waals surface area contributed by atoms with Crippen LogP contribution in [0.3, 0.4) is 0 Å². The van der Waals surface area contributed by atoms with E-state index < -0.39 is 11.7 Å². The summed E-state index contributed by atoms with van der Waals surface area (Å²) in [6.45, 7) is 3.76. The van der Waals surface area contributed by atoms with E-state index in [1.807, 2.05) is 13.8 Å². The standard InChI is InChI=1S/C13H18ClFO2/c1-13(2,17-3)8-11(16)7-9-6-10(14)4-5-12(9)15/h4-6,11,16H,7-8H2,1-3H3. The average molecular weight is 261 g/mol. The number of hydrogen-bond acceptors (Lipinski definition) is 2. The van der Waals surface area contributed by atoms with Gasteiger partial charge >= 0.3 is 0 Å². The van der Waals surface area contributed by atoms with Gasteiger partial charge in [0.2, 0.25) is 0 Å². The molecule has 0 amide bonds. The minimum atomic E-state index is -0.655. The summed E-state index contributed by atoms with van der Waals surface area (Å²) in [7, 11) is 1.59. The van der Waals surface area contributed by atoms with Crippen LogP contribution in [-0.4, -0.2) is 23.9 Å². The Labute approximate surface area is 106 Å². The van der Waals surface area contributed by atoms with E-state index in [-0.39, 0.29) is 12.2 Å². The highest BCUT2D eigenvalue weighted by atomic mass is 35.5. The van der Waals surface area contributed by atoms with Crippen LogP contribution in [0.2, 0.25) is 5.02 Å². The molecule has 0 fully saturated rings. The number of aliphatic hydroxyl groups excluding tert-OH is 1. The van der Waals surface area contributed by atoms with Crippen LogP contribution in [0.4, 0.5) is 4.39 Å². The lowest BCUT2D eigenvalue weighted by atomic mass is 9.96. The van der Waals surface area contributed by atoms with Gasteiger partial charge in [-0.15, -0.1) is 0 Å². The van der Waals surface area contributed by atoms with Crippen LogP contribution in [0.5, 0.6) is 0 Å². The normalized spacial score (nSPS) is 13.8. The maximum absolute atomic E-state index is 13.4. The van der Waals surface area contributed by atoms with E-state index in [2.05, 4.69) is 0 Å². The van der Waals surface area contributed by atoms with Gasteiger partial charge in [0.15, 0.2) is 0 Å². The predicted octanol–water partition coefficient (Wildman–Crippen LogP) is 3.20. The molecular formula is C13H18ClFO2. The van der Waals surface area contributed by atoms with E-state index >= 15 is 0 Å². The summed E-state index contributed by atoms with van der Waals surface area (Å²) >= 11 is 5.79. The Morgan fingerprint density at radius 2 is 2.12 bits per heavy atom. The van der Waals surface area contributed by atoms with Gasteiger partial charge in [0, 0.05) is 25.0 Å². The maximum atomic E-state index is 13.4. The molecule has 0 radical (unpaired) electrons. The molecule has 0 saturated carbocycles. The van der Waals surface area contributed by atoms with E-state index in [1.165, 1.54) is 12.1 Å². The second kappa shape index (κ2) is 5.80. The van der Waals surface area contributed by atoms with Gasteiger partial charge in [-0.25, -0.2) is 4.39 Å². The molecule has 0 bridgehead atoms. The number of hydrogen-bond donors (Lipinski definition) is 1. The van der Waals surface area contributed by atoms with Crippen LogP contribution < -0.4 is 0 Å². The molecule has 0 heterocycles. The first-order chi connectivity index (χ1) is 7.84. The van der Waals surface area contributed by atoms with Crippen molar-refractivity contribution in [3.05, 3.63) is 34.6 Å². The van der Waals surface area contributed by atoms with Gasteiger partial charge in [0.25, 0.3) is 0 Å². The first-order valence-corrected chi connectivity index (χ1v) is 5.89. The lowest BCUT2D eigenvalue weighted by molar-refractivity contribution is -0.0192. The quantitative estimate of drug-likeness (QED) is 0.881. The van der Waals surface area contributed by atoms with Gasteiger partial charge in [-0.3, -0.25) is 0 Å². The number of halogens is 2. The molecule has 0 aromatic heterocycles. The van der Waals surface area contributed by atoms with Crippen LogP contribution in [-0.2, 0) is 11.2 Å². The second-order valence-corrected chi connectivity index (χ2v) is 5.20. The van der Waals surface area contributed by atoms with Gasteiger partial charge in [0.1, 0.15) is 5.82 Å². The van der Waals surface area contributed by atoms with Crippen molar-refractivity contribution in [1.82, 2.24) is 0 Å². The third-order valence-corrected chi connectivity index (χ3v) is 2.98. The summed E-state index contributed by atoms with van der Waals surface area (Å²) in [6, 6.07) is 4.34. The molecule has 4 heteroatoms. The number of rotatable bonds is 5. The van der Waals surface area contributed by atoms with Crippen LogP contribution >= 0.6 is 11.6 Å². The monoisotopic (exact) mass is 260 g/mol. The molecule has 1 atom stereocenters. The molecule has 96 valence electrons. The van der Waals surface area contributed by atoms with Crippen molar-refractivity contribution in [2.45, 2.75) is 38.4 Å². The Morgan fingerprint density at radius 1 is 1.47 bits per heavy atom. The van der Waals surface area contributed by atoms with E-state index in [0.717, 1.165) is 0 Å². The summed E-state index contributed by atoms with van der Waals surface area (Å²) in [6.07, 6.45) is 0.0205. The zero-order valence-corrected chi connectivity index (χ0v) is 11.1. The molecule has 1 unspecified atom stereocenters. The fourth-order valence-corrected chi connectivity index (χ4v) is 1.87. The maximum Gasteiger partial charge on any atom is 0.126 e. The number of benzene rings is 1. The first-order valence-electron chi connectivity index (χ1n) is 5.51. The summed E-state index contributed by atoms with van der Waals surface area (Å²) in [5.41, 5.74) is 0.00553. The number of methoxy groups -OCH3 is 1. The highest BCUT2D eigenvalue weighted by Gasteiger charge is 2.22. The first kappa shape index (κ1) is 14.4. The summed E-state index contributed by atoms with van der Waals surface area (Å²) in [5, 5.41) is 10.4. The predicted molar refractivity (Wildman–Crippen MR) is 66.8 cm³/mol. The molecule has 0 saturated heterocycles. The van der Waals surface area contributed by atoms with Crippen LogP contribution in [0.1, 0.15) is 25.8 Å². The Morgan fingerprint density at radius 3 is 2.71 bits per heavy atom. The van der Waals surface area contributed by atoms with E-state index in [0.29, 0.717) is 17.0 Å². The summed E-state index contributed by atoms with van der Waals surface area (Å²) in [4.78, 5) is 0. The van der Waals surface area contributed by atoms with Crippen molar-refractivity contribution in [1.29, 1.82) is 0 Å². The van der Waals surface area contributed by atoms with Gasteiger partial charge in [-0.1, -0.05) is 11.6 Å². The van der Waals surface area contributed by atoms with Gasteiger partial charge in [-0.05, 0) is 37.6 Å². The Kier molecular flexibility index (Phi) is 4.92. The van der Waals surface area contributed by atoms with Gasteiger partial charge in [0.05, 0.1) is 11.7 Å². The molecule has 1 aromatic carbocycles. The van der Waals surface area contributed by atoms with E-state index in [1.54, 1.807) is 13.2 Å². The lowest BCUT2D eigenvalue weighted by Crippen LogP contribution is -2.29. The molecule has 1 rings (SSSR count). The van der Waals surface area contributed by atoms with Crippen molar-refractivity contribution in [3.63, 3.8) is 0 Å². The van der Waals surface area contributed by atoms with Crippen molar-refractivity contribution in [3.8, 4) is 0 Å². The minimum Gasteiger partial charge on any atom is -0.393 e. The lowest BCUT2D eigenvalue weighted by Gasteiger charge is -2.25. The largest absolute Gasteiger partial charge is 0.393 e. The number of ether oxygens (including phenoxy) is 1. The van der Waals surface area contributed by atoms with E-state index in [4.69, 9.17) is 16.3 Å². The van der Waals surface area contributed by atoms with Gasteiger partial charge in [-0.2, -0.15) is 0 Å². The molecule has 1 N–H and O–H groups in total. The van der Waals surface area contributed by atoms with Crippen molar-refractivity contribution in [2.75, 3.05) is 7.11 Å². The Bertz CT molecular complexity index is 380. The fourth-order valence-electron chi connectivity index (χ4n) is 1.68. The molecule has 1 aromatic rings. The Balaban J connectivity index is 2.68. The van der Waals surface area contributed by atoms with Gasteiger partial charge < -0.3 is 9.84 Å². The highest BCUT2D eigenvalue weighted by molar-refractivity contribution is 6.30. The summed E-state index contributed by atoms with van der Waals surface area (Å²) in [5.74, 6) is -0.344. The third kappa shape index (κ3) is 4.62. The molecule has 0 aliphatic carbocycles. The SMILES string of the molecule is COC(C)(C)CC(O)Cc1cc(Cl)ccc1F. The topological polar surface area (TPSA) is 29.5 Å². The van der Waals surface area contributed by atoms with Crippen LogP contribution in [0.25, 0.3) is 0 Å². The van der Waals surface area contributed by atoms with E-state index in [9.17, 15) is 9.50 Å². The van der Waals surface area contributed by atoms with Crippen LogP contribution in [0, 0.1) is 5.82 Å². The Hall–Kier alpha value is -0.640. The van der Waals surface area contributed by atoms with Crippen LogP contribution in [0.15, 0.2) is 18.2 Å². The highest BCUT2D eigenvalue weighted by Crippen LogP contribution is 2.21. The average Bonchev–Trinajstić information content (AvgIpc) is 2.23. The molecule has 0 aliphatic rings. The zero-order chi connectivity index (χ0) is 13.1. The fraction of sp³-hybridized carbons (Fsp3) is 0.538. The number of aliphatic hydroxyl groups is 1. The van der Waals surface area contributed by atoms with Crippen molar-refractivity contribution < 1.29 is 14.2 Å². The molecular weight excluding hydrogens is 243 g/mol. The minimum absolute atomic E-state index is 0.235.